The Kier molecular flexibility index (Phi) is 5.57. The molecule has 1 saturated heterocycles. The number of amides is 1. The molecule has 106 valence electrons. The lowest BCUT2D eigenvalue weighted by Gasteiger charge is -2.36. The van der Waals surface area contributed by atoms with Gasteiger partial charge in [0.2, 0.25) is 0 Å². The van der Waals surface area contributed by atoms with Gasteiger partial charge in [0.15, 0.2) is 0 Å². The van der Waals surface area contributed by atoms with Gasteiger partial charge in [-0.2, -0.15) is 0 Å². The van der Waals surface area contributed by atoms with E-state index in [2.05, 4.69) is 11.9 Å². The highest BCUT2D eigenvalue weighted by Crippen LogP contribution is 2.20. The minimum absolute atomic E-state index is 0. The Hall–Kier alpha value is -1.33. The number of halogens is 1. The van der Waals surface area contributed by atoms with Gasteiger partial charge in [0.05, 0.1) is 6.10 Å². The highest BCUT2D eigenvalue weighted by molar-refractivity contribution is 5.92. The summed E-state index contributed by atoms with van der Waals surface area (Å²) in [6.07, 6.45) is 1.05. The molecule has 2 heterocycles. The predicted octanol–water partition coefficient (Wildman–Crippen LogP) is 1.58. The zero-order valence-electron chi connectivity index (χ0n) is 11.2. The number of rotatable bonds is 2. The Balaban J connectivity index is 0.00000180. The molecule has 1 fully saturated rings. The number of methoxy groups -OCH3 is 1. The van der Waals surface area contributed by atoms with Crippen LogP contribution in [0.25, 0.3) is 0 Å². The normalized spacial score (nSPS) is 22.7. The summed E-state index contributed by atoms with van der Waals surface area (Å²) >= 11 is 0. The van der Waals surface area contributed by atoms with Crippen LogP contribution in [0, 0.1) is 5.92 Å². The third-order valence-electron chi connectivity index (χ3n) is 3.47. The summed E-state index contributed by atoms with van der Waals surface area (Å²) in [5, 5.41) is 0. The fourth-order valence-electron chi connectivity index (χ4n) is 2.26. The van der Waals surface area contributed by atoms with E-state index in [0.29, 0.717) is 24.0 Å². The lowest BCUT2D eigenvalue weighted by Crippen LogP contribution is -2.46. The third-order valence-corrected chi connectivity index (χ3v) is 3.47. The number of hydrogen-bond acceptors (Lipinski definition) is 4. The Morgan fingerprint density at radius 2 is 2.26 bits per heavy atom. The number of nitrogen functional groups attached to an aromatic ring is 1. The van der Waals surface area contributed by atoms with Gasteiger partial charge >= 0.3 is 0 Å². The van der Waals surface area contributed by atoms with E-state index in [1.807, 2.05) is 0 Å². The molecule has 0 bridgehead atoms. The number of aromatic nitrogens is 1. The first-order valence-corrected chi connectivity index (χ1v) is 6.16. The number of carbonyl (C=O) groups excluding carboxylic acids is 1. The summed E-state index contributed by atoms with van der Waals surface area (Å²) in [6, 6.07) is 5.11. The number of carbonyl (C=O) groups is 1. The number of piperidine rings is 1. The van der Waals surface area contributed by atoms with Gasteiger partial charge in [-0.3, -0.25) is 4.79 Å². The Bertz CT molecular complexity index is 442. The number of ether oxygens (including phenoxy) is 1. The molecule has 2 N–H and O–H groups in total. The molecular weight excluding hydrogens is 266 g/mol. The van der Waals surface area contributed by atoms with Crippen molar-refractivity contribution < 1.29 is 9.53 Å². The van der Waals surface area contributed by atoms with E-state index < -0.39 is 0 Å². The van der Waals surface area contributed by atoms with Crippen molar-refractivity contribution in [3.63, 3.8) is 0 Å². The smallest absolute Gasteiger partial charge is 0.272 e. The first kappa shape index (κ1) is 15.7. The van der Waals surface area contributed by atoms with Crippen LogP contribution in [0.1, 0.15) is 23.8 Å². The number of nitrogens with zero attached hydrogens (tertiary/aromatic N) is 2. The second-order valence-electron chi connectivity index (χ2n) is 4.74. The van der Waals surface area contributed by atoms with E-state index in [-0.39, 0.29) is 24.4 Å². The molecule has 19 heavy (non-hydrogen) atoms. The molecule has 1 amide bonds. The van der Waals surface area contributed by atoms with Gasteiger partial charge in [0.1, 0.15) is 11.5 Å². The molecule has 0 aromatic carbocycles. The molecule has 5 nitrogen and oxygen atoms in total. The average molecular weight is 286 g/mol. The average Bonchev–Trinajstić information content (AvgIpc) is 2.38. The van der Waals surface area contributed by atoms with Crippen molar-refractivity contribution in [2.24, 2.45) is 5.92 Å². The zero-order valence-corrected chi connectivity index (χ0v) is 12.0. The monoisotopic (exact) mass is 285 g/mol. The standard InChI is InChI=1S/C13H19N3O2.ClH/c1-9-6-7-16(8-11(9)18-2)13(17)10-4-3-5-12(14)15-10;/h3-5,9,11H,6-8H2,1-2H3,(H2,14,15);1H. The van der Waals surface area contributed by atoms with E-state index >= 15 is 0 Å². The fourth-order valence-corrected chi connectivity index (χ4v) is 2.26. The van der Waals surface area contributed by atoms with Crippen LogP contribution in [0.5, 0.6) is 0 Å². The quantitative estimate of drug-likeness (QED) is 0.896. The molecule has 2 unspecified atom stereocenters. The molecule has 2 rings (SSSR count). The molecule has 6 heteroatoms. The van der Waals surface area contributed by atoms with E-state index in [1.165, 1.54) is 0 Å². The second-order valence-corrected chi connectivity index (χ2v) is 4.74. The number of anilines is 1. The summed E-state index contributed by atoms with van der Waals surface area (Å²) in [5.41, 5.74) is 6.00. The first-order chi connectivity index (χ1) is 8.61. The number of nitrogens with two attached hydrogens (primary N) is 1. The SMILES string of the molecule is COC1CN(C(=O)c2cccc(N)n2)CCC1C.Cl. The van der Waals surface area contributed by atoms with Crippen LogP contribution in [0.2, 0.25) is 0 Å². The Morgan fingerprint density at radius 1 is 1.53 bits per heavy atom. The topological polar surface area (TPSA) is 68.5 Å². The van der Waals surface area contributed by atoms with Gasteiger partial charge in [0, 0.05) is 20.2 Å². The lowest BCUT2D eigenvalue weighted by molar-refractivity contribution is -0.00176. The second kappa shape index (κ2) is 6.73. The van der Waals surface area contributed by atoms with Crippen LogP contribution in [-0.4, -0.2) is 42.1 Å². The van der Waals surface area contributed by atoms with Gasteiger partial charge < -0.3 is 15.4 Å². The highest BCUT2D eigenvalue weighted by Gasteiger charge is 2.29. The molecule has 0 saturated carbocycles. The van der Waals surface area contributed by atoms with Crippen molar-refractivity contribution in [1.29, 1.82) is 0 Å². The summed E-state index contributed by atoms with van der Waals surface area (Å²) in [5.74, 6) is 0.777. The molecule has 2 atom stereocenters. The van der Waals surface area contributed by atoms with Crippen LogP contribution in [0.15, 0.2) is 18.2 Å². The van der Waals surface area contributed by atoms with Gasteiger partial charge in [-0.05, 0) is 24.5 Å². The number of likely N-dealkylation sites (tertiary alicyclic amines) is 1. The Morgan fingerprint density at radius 3 is 2.89 bits per heavy atom. The van der Waals surface area contributed by atoms with Crippen molar-refractivity contribution in [2.45, 2.75) is 19.4 Å². The molecule has 1 aromatic heterocycles. The van der Waals surface area contributed by atoms with Gasteiger partial charge in [-0.1, -0.05) is 13.0 Å². The van der Waals surface area contributed by atoms with Crippen LogP contribution < -0.4 is 5.73 Å². The van der Waals surface area contributed by atoms with Crippen molar-refractivity contribution >= 4 is 24.1 Å². The van der Waals surface area contributed by atoms with Crippen molar-refractivity contribution in [2.75, 3.05) is 25.9 Å². The van der Waals surface area contributed by atoms with Gasteiger partial charge in [-0.25, -0.2) is 4.98 Å². The van der Waals surface area contributed by atoms with E-state index in [0.717, 1.165) is 13.0 Å². The summed E-state index contributed by atoms with van der Waals surface area (Å²) < 4.78 is 5.40. The van der Waals surface area contributed by atoms with E-state index in [4.69, 9.17) is 10.5 Å². The molecule has 0 aliphatic carbocycles. The molecule has 0 radical (unpaired) electrons. The number of hydrogen-bond donors (Lipinski definition) is 1. The Labute approximate surface area is 119 Å². The maximum Gasteiger partial charge on any atom is 0.272 e. The summed E-state index contributed by atoms with van der Waals surface area (Å²) in [6.45, 7) is 3.51. The molecular formula is C13H20ClN3O2. The zero-order chi connectivity index (χ0) is 13.1. The van der Waals surface area contributed by atoms with Gasteiger partial charge in [-0.15, -0.1) is 12.4 Å². The summed E-state index contributed by atoms with van der Waals surface area (Å²) in [7, 11) is 1.69. The molecule has 1 aliphatic rings. The molecule has 0 spiro atoms. The predicted molar refractivity (Wildman–Crippen MR) is 76.4 cm³/mol. The maximum atomic E-state index is 12.3. The van der Waals surface area contributed by atoms with Crippen LogP contribution in [0.4, 0.5) is 5.82 Å². The van der Waals surface area contributed by atoms with E-state index in [1.54, 1.807) is 30.2 Å². The third kappa shape index (κ3) is 3.58. The number of pyridine rings is 1. The van der Waals surface area contributed by atoms with Crippen LogP contribution in [-0.2, 0) is 4.74 Å². The fraction of sp³-hybridized carbons (Fsp3) is 0.538. The van der Waals surface area contributed by atoms with Crippen molar-refractivity contribution in [3.8, 4) is 0 Å². The molecule has 1 aliphatic heterocycles. The molecule has 1 aromatic rings. The minimum atomic E-state index is -0.0729. The lowest BCUT2D eigenvalue weighted by atomic mass is 9.95. The summed E-state index contributed by atoms with van der Waals surface area (Å²) in [4.78, 5) is 18.1. The minimum Gasteiger partial charge on any atom is -0.384 e. The maximum absolute atomic E-state index is 12.3. The van der Waals surface area contributed by atoms with Crippen molar-refractivity contribution in [1.82, 2.24) is 9.88 Å². The highest BCUT2D eigenvalue weighted by atomic mass is 35.5. The van der Waals surface area contributed by atoms with E-state index in [9.17, 15) is 4.79 Å². The van der Waals surface area contributed by atoms with Crippen LogP contribution in [0.3, 0.4) is 0 Å². The largest absolute Gasteiger partial charge is 0.384 e. The van der Waals surface area contributed by atoms with Gasteiger partial charge in [0.25, 0.3) is 5.91 Å². The van der Waals surface area contributed by atoms with Crippen LogP contribution >= 0.6 is 12.4 Å². The first-order valence-electron chi connectivity index (χ1n) is 6.16. The van der Waals surface area contributed by atoms with Crippen molar-refractivity contribution in [3.05, 3.63) is 23.9 Å².